The van der Waals surface area contributed by atoms with Crippen molar-refractivity contribution in [2.45, 2.75) is 6.92 Å². The summed E-state index contributed by atoms with van der Waals surface area (Å²) < 4.78 is 11.1. The highest BCUT2D eigenvalue weighted by Crippen LogP contribution is 2.35. The van der Waals surface area contributed by atoms with Crippen molar-refractivity contribution in [2.24, 2.45) is 0 Å². The second kappa shape index (κ2) is 4.25. The van der Waals surface area contributed by atoms with Crippen LogP contribution in [0.4, 0.5) is 5.95 Å². The van der Waals surface area contributed by atoms with Crippen molar-refractivity contribution in [3.8, 4) is 22.8 Å². The number of ether oxygens (including phenoxy) is 2. The zero-order valence-corrected chi connectivity index (χ0v) is 10.4. The van der Waals surface area contributed by atoms with Crippen LogP contribution in [-0.4, -0.2) is 30.2 Å². The Balaban J connectivity index is 2.03. The molecule has 0 atom stereocenters. The Hall–Kier alpha value is -2.17. The van der Waals surface area contributed by atoms with Gasteiger partial charge in [0.2, 0.25) is 5.95 Å². The van der Waals surface area contributed by atoms with Crippen LogP contribution in [-0.2, 0) is 0 Å². The SMILES string of the molecule is CNc1nc(-c2ccc3c(c2)OCCO3)c(C)[nH]1. The number of nitrogens with one attached hydrogen (secondary N) is 2. The number of aromatic nitrogens is 2. The molecule has 0 radical (unpaired) electrons. The van der Waals surface area contributed by atoms with E-state index in [1.807, 2.05) is 32.2 Å². The standard InChI is InChI=1S/C13H15N3O2/c1-8-12(16-13(14-2)15-8)9-3-4-10-11(7-9)18-6-5-17-10/h3-4,7H,5-6H2,1-2H3,(H2,14,15,16). The summed E-state index contributed by atoms with van der Waals surface area (Å²) >= 11 is 0. The first-order chi connectivity index (χ1) is 8.78. The lowest BCUT2D eigenvalue weighted by atomic mass is 10.1. The summed E-state index contributed by atoms with van der Waals surface area (Å²) in [6.07, 6.45) is 0. The molecule has 5 nitrogen and oxygen atoms in total. The molecule has 0 spiro atoms. The van der Waals surface area contributed by atoms with E-state index in [0.29, 0.717) is 13.2 Å². The van der Waals surface area contributed by atoms with Crippen molar-refractivity contribution in [2.75, 3.05) is 25.6 Å². The number of H-pyrrole nitrogens is 1. The summed E-state index contributed by atoms with van der Waals surface area (Å²) in [5.74, 6) is 2.34. The molecule has 0 amide bonds. The molecule has 2 aromatic rings. The molecule has 2 heterocycles. The molecule has 2 N–H and O–H groups in total. The molecule has 1 aliphatic heterocycles. The fourth-order valence-electron chi connectivity index (χ4n) is 2.05. The molecule has 5 heteroatoms. The molecule has 1 aromatic carbocycles. The third kappa shape index (κ3) is 1.77. The van der Waals surface area contributed by atoms with Crippen LogP contribution < -0.4 is 14.8 Å². The predicted octanol–water partition coefficient (Wildman–Crippen LogP) is 2.20. The van der Waals surface area contributed by atoms with Gasteiger partial charge in [-0.05, 0) is 25.1 Å². The molecule has 3 rings (SSSR count). The van der Waals surface area contributed by atoms with Crippen molar-refractivity contribution < 1.29 is 9.47 Å². The third-order valence-corrected chi connectivity index (χ3v) is 2.94. The second-order valence-corrected chi connectivity index (χ2v) is 4.17. The summed E-state index contributed by atoms with van der Waals surface area (Å²) in [6.45, 7) is 3.20. The van der Waals surface area contributed by atoms with Gasteiger partial charge >= 0.3 is 0 Å². The topological polar surface area (TPSA) is 59.2 Å². The van der Waals surface area contributed by atoms with Gasteiger partial charge in [0.1, 0.15) is 13.2 Å². The molecule has 0 aliphatic carbocycles. The van der Waals surface area contributed by atoms with Gasteiger partial charge in [0.25, 0.3) is 0 Å². The average molecular weight is 245 g/mol. The van der Waals surface area contributed by atoms with Gasteiger partial charge in [-0.1, -0.05) is 0 Å². The fraction of sp³-hybridized carbons (Fsp3) is 0.308. The lowest BCUT2D eigenvalue weighted by Crippen LogP contribution is -2.15. The highest BCUT2D eigenvalue weighted by atomic mass is 16.6. The molecule has 0 bridgehead atoms. The number of rotatable bonds is 2. The van der Waals surface area contributed by atoms with Gasteiger partial charge in [-0.3, -0.25) is 0 Å². The minimum atomic E-state index is 0.595. The number of fused-ring (bicyclic) bond motifs is 1. The van der Waals surface area contributed by atoms with E-state index in [9.17, 15) is 0 Å². The number of aromatic amines is 1. The Morgan fingerprint density at radius 3 is 2.72 bits per heavy atom. The first kappa shape index (κ1) is 11.0. The largest absolute Gasteiger partial charge is 0.486 e. The van der Waals surface area contributed by atoms with Crippen LogP contribution in [0.2, 0.25) is 0 Å². The fourth-order valence-corrected chi connectivity index (χ4v) is 2.05. The van der Waals surface area contributed by atoms with E-state index < -0.39 is 0 Å². The van der Waals surface area contributed by atoms with Gasteiger partial charge in [-0.25, -0.2) is 4.98 Å². The van der Waals surface area contributed by atoms with Crippen molar-refractivity contribution in [3.05, 3.63) is 23.9 Å². The second-order valence-electron chi connectivity index (χ2n) is 4.17. The lowest BCUT2D eigenvalue weighted by molar-refractivity contribution is 0.171. The van der Waals surface area contributed by atoms with E-state index in [0.717, 1.165) is 34.4 Å². The van der Waals surface area contributed by atoms with Crippen LogP contribution in [0.5, 0.6) is 11.5 Å². The molecular formula is C13H15N3O2. The number of imidazole rings is 1. The Labute approximate surface area is 105 Å². The van der Waals surface area contributed by atoms with Crippen LogP contribution in [0.3, 0.4) is 0 Å². The molecule has 1 aromatic heterocycles. The summed E-state index contributed by atoms with van der Waals surface area (Å²) in [5, 5.41) is 3.00. The van der Waals surface area contributed by atoms with Gasteiger partial charge in [0.15, 0.2) is 11.5 Å². The maximum absolute atomic E-state index is 5.58. The van der Waals surface area contributed by atoms with E-state index in [-0.39, 0.29) is 0 Å². The molecule has 0 fully saturated rings. The minimum Gasteiger partial charge on any atom is -0.486 e. The number of benzene rings is 1. The monoisotopic (exact) mass is 245 g/mol. The van der Waals surface area contributed by atoms with Crippen LogP contribution in [0.25, 0.3) is 11.3 Å². The van der Waals surface area contributed by atoms with E-state index in [1.165, 1.54) is 0 Å². The van der Waals surface area contributed by atoms with Gasteiger partial charge in [-0.15, -0.1) is 0 Å². The summed E-state index contributed by atoms with van der Waals surface area (Å²) in [7, 11) is 1.84. The van der Waals surface area contributed by atoms with Crippen molar-refractivity contribution in [3.63, 3.8) is 0 Å². The van der Waals surface area contributed by atoms with Crippen molar-refractivity contribution in [1.29, 1.82) is 0 Å². The quantitative estimate of drug-likeness (QED) is 0.851. The number of hydrogen-bond donors (Lipinski definition) is 2. The minimum absolute atomic E-state index is 0.595. The van der Waals surface area contributed by atoms with Crippen LogP contribution in [0.1, 0.15) is 5.69 Å². The number of nitrogens with zero attached hydrogens (tertiary/aromatic N) is 1. The van der Waals surface area contributed by atoms with Crippen LogP contribution >= 0.6 is 0 Å². The van der Waals surface area contributed by atoms with Gasteiger partial charge in [-0.2, -0.15) is 0 Å². The molecule has 0 saturated heterocycles. The summed E-state index contributed by atoms with van der Waals surface area (Å²) in [4.78, 5) is 7.66. The predicted molar refractivity (Wildman–Crippen MR) is 69.3 cm³/mol. The highest BCUT2D eigenvalue weighted by Gasteiger charge is 2.15. The lowest BCUT2D eigenvalue weighted by Gasteiger charge is -2.18. The van der Waals surface area contributed by atoms with E-state index >= 15 is 0 Å². The third-order valence-electron chi connectivity index (χ3n) is 2.94. The molecule has 0 saturated carbocycles. The van der Waals surface area contributed by atoms with Crippen LogP contribution in [0.15, 0.2) is 18.2 Å². The average Bonchev–Trinajstić information content (AvgIpc) is 2.79. The number of aryl methyl sites for hydroxylation is 1. The number of hydrogen-bond acceptors (Lipinski definition) is 4. The summed E-state index contributed by atoms with van der Waals surface area (Å²) in [5.41, 5.74) is 2.97. The molecule has 18 heavy (non-hydrogen) atoms. The van der Waals surface area contributed by atoms with Gasteiger partial charge in [0, 0.05) is 18.3 Å². The van der Waals surface area contributed by atoms with E-state index in [1.54, 1.807) is 0 Å². The Bertz CT molecular complexity index is 578. The highest BCUT2D eigenvalue weighted by molar-refractivity contribution is 5.67. The zero-order chi connectivity index (χ0) is 12.5. The maximum atomic E-state index is 5.58. The maximum Gasteiger partial charge on any atom is 0.200 e. The summed E-state index contributed by atoms with van der Waals surface area (Å²) in [6, 6.07) is 5.89. The normalized spacial score (nSPS) is 13.4. The molecular weight excluding hydrogens is 230 g/mol. The molecule has 0 unspecified atom stereocenters. The van der Waals surface area contributed by atoms with Crippen molar-refractivity contribution >= 4 is 5.95 Å². The van der Waals surface area contributed by atoms with Crippen LogP contribution in [0, 0.1) is 6.92 Å². The molecule has 1 aliphatic rings. The first-order valence-electron chi connectivity index (χ1n) is 5.92. The van der Waals surface area contributed by atoms with Crippen molar-refractivity contribution in [1.82, 2.24) is 9.97 Å². The first-order valence-corrected chi connectivity index (χ1v) is 5.92. The van der Waals surface area contributed by atoms with Gasteiger partial charge in [0.05, 0.1) is 5.69 Å². The number of anilines is 1. The van der Waals surface area contributed by atoms with E-state index in [4.69, 9.17) is 9.47 Å². The smallest absolute Gasteiger partial charge is 0.200 e. The van der Waals surface area contributed by atoms with E-state index in [2.05, 4.69) is 15.3 Å². The molecule has 94 valence electrons. The Morgan fingerprint density at radius 1 is 1.22 bits per heavy atom. The Kier molecular flexibility index (Phi) is 2.59. The zero-order valence-electron chi connectivity index (χ0n) is 10.4. The Morgan fingerprint density at radius 2 is 2.00 bits per heavy atom. The van der Waals surface area contributed by atoms with Gasteiger partial charge < -0.3 is 19.8 Å².